The zero-order chi connectivity index (χ0) is 17.1. The largest absolute Gasteiger partial charge is 0.493 e. The molecule has 0 N–H and O–H groups in total. The second-order valence-corrected chi connectivity index (χ2v) is 6.42. The molecule has 0 saturated carbocycles. The van der Waals surface area contributed by atoms with Gasteiger partial charge in [-0.15, -0.1) is 0 Å². The number of benzene rings is 2. The van der Waals surface area contributed by atoms with E-state index < -0.39 is 0 Å². The lowest BCUT2D eigenvalue weighted by molar-refractivity contribution is 0.156. The molecule has 3 rings (SSSR count). The predicted octanol–water partition coefficient (Wildman–Crippen LogP) is 3.97. The Morgan fingerprint density at radius 3 is 2.38 bits per heavy atom. The molecule has 2 aromatic rings. The molecule has 0 bridgehead atoms. The third-order valence-electron chi connectivity index (χ3n) is 4.32. The van der Waals surface area contributed by atoms with Gasteiger partial charge in [0, 0.05) is 23.7 Å². The second kappa shape index (κ2) is 7.32. The number of hydrogen-bond donors (Lipinski definition) is 0. The Kier molecular flexibility index (Phi) is 5.17. The average Bonchev–Trinajstić information content (AvgIpc) is 2.74. The van der Waals surface area contributed by atoms with Crippen LogP contribution in [0.15, 0.2) is 36.4 Å². The number of nitrogens with zero attached hydrogens (tertiary/aromatic N) is 1. The van der Waals surface area contributed by atoms with Crippen LogP contribution in [0.25, 0.3) is 0 Å². The van der Waals surface area contributed by atoms with Crippen LogP contribution in [0.1, 0.15) is 17.2 Å². The lowest BCUT2D eigenvalue weighted by atomic mass is 10.00. The molecule has 1 atom stereocenters. The highest BCUT2D eigenvalue weighted by molar-refractivity contribution is 6.30. The molecule has 0 saturated heterocycles. The first kappa shape index (κ1) is 16.9. The minimum Gasteiger partial charge on any atom is -0.493 e. The maximum atomic E-state index is 6.26. The van der Waals surface area contributed by atoms with Gasteiger partial charge in [0.25, 0.3) is 0 Å². The highest BCUT2D eigenvalue weighted by Gasteiger charge is 2.25. The van der Waals surface area contributed by atoms with Crippen LogP contribution >= 0.6 is 11.6 Å². The molecule has 0 fully saturated rings. The van der Waals surface area contributed by atoms with Gasteiger partial charge in [-0.3, -0.25) is 0 Å². The van der Waals surface area contributed by atoms with E-state index >= 15 is 0 Å². The monoisotopic (exact) mass is 347 g/mol. The van der Waals surface area contributed by atoms with Gasteiger partial charge in [-0.25, -0.2) is 0 Å². The summed E-state index contributed by atoms with van der Waals surface area (Å²) in [7, 11) is 5.43. The molecular weight excluding hydrogens is 326 g/mol. The lowest BCUT2D eigenvalue weighted by Gasteiger charge is -2.23. The van der Waals surface area contributed by atoms with Crippen molar-refractivity contribution in [2.75, 3.05) is 34.4 Å². The van der Waals surface area contributed by atoms with Crippen LogP contribution in [0.3, 0.4) is 0 Å². The van der Waals surface area contributed by atoms with Gasteiger partial charge in [0.05, 0.1) is 14.2 Å². The quantitative estimate of drug-likeness (QED) is 0.837. The van der Waals surface area contributed by atoms with E-state index in [0.29, 0.717) is 5.02 Å². The summed E-state index contributed by atoms with van der Waals surface area (Å²) in [6.07, 6.45) is 0.876. The van der Waals surface area contributed by atoms with Gasteiger partial charge < -0.3 is 19.1 Å². The van der Waals surface area contributed by atoms with Crippen LogP contribution in [-0.2, 0) is 6.42 Å². The first-order valence-corrected chi connectivity index (χ1v) is 8.34. The zero-order valence-electron chi connectivity index (χ0n) is 14.2. The first-order chi connectivity index (χ1) is 11.6. The average molecular weight is 348 g/mol. The standard InChI is InChI=1S/C19H22ClNO3/c1-21-9-8-13-10-17(22-2)18(23-3)11-16(13)19(12-21)24-15-6-4-14(20)5-7-15/h4-7,10-11,19H,8-9,12H2,1-3H3. The smallest absolute Gasteiger partial charge is 0.161 e. The molecule has 0 amide bonds. The molecule has 0 aliphatic carbocycles. The number of rotatable bonds is 4. The zero-order valence-corrected chi connectivity index (χ0v) is 15.0. The Morgan fingerprint density at radius 1 is 1.04 bits per heavy atom. The summed E-state index contributed by atoms with van der Waals surface area (Å²) in [6.45, 7) is 1.79. The summed E-state index contributed by atoms with van der Waals surface area (Å²) in [6, 6.07) is 11.6. The molecule has 24 heavy (non-hydrogen) atoms. The van der Waals surface area contributed by atoms with Crippen LogP contribution in [0.2, 0.25) is 5.02 Å². The van der Waals surface area contributed by atoms with Crippen LogP contribution in [0.5, 0.6) is 17.2 Å². The van der Waals surface area contributed by atoms with Gasteiger partial charge in [-0.2, -0.15) is 0 Å². The number of methoxy groups -OCH3 is 2. The van der Waals surface area contributed by atoms with E-state index in [0.717, 1.165) is 42.3 Å². The summed E-state index contributed by atoms with van der Waals surface area (Å²) in [4.78, 5) is 2.28. The maximum absolute atomic E-state index is 6.26. The molecule has 1 heterocycles. The van der Waals surface area contributed by atoms with Crippen molar-refractivity contribution in [2.45, 2.75) is 12.5 Å². The van der Waals surface area contributed by atoms with Gasteiger partial charge in [-0.05, 0) is 55.4 Å². The fourth-order valence-electron chi connectivity index (χ4n) is 3.02. The third-order valence-corrected chi connectivity index (χ3v) is 4.58. The van der Waals surface area contributed by atoms with E-state index in [-0.39, 0.29) is 6.10 Å². The molecule has 1 unspecified atom stereocenters. The SMILES string of the molecule is COc1cc2c(cc1OC)C(Oc1ccc(Cl)cc1)CN(C)CC2. The third kappa shape index (κ3) is 3.60. The van der Waals surface area contributed by atoms with Gasteiger partial charge >= 0.3 is 0 Å². The van der Waals surface area contributed by atoms with Gasteiger partial charge in [0.2, 0.25) is 0 Å². The minimum absolute atomic E-state index is 0.0755. The molecule has 0 radical (unpaired) electrons. The summed E-state index contributed by atoms with van der Waals surface area (Å²) in [5.41, 5.74) is 2.38. The fourth-order valence-corrected chi connectivity index (χ4v) is 3.14. The van der Waals surface area contributed by atoms with Gasteiger partial charge in [0.15, 0.2) is 11.5 Å². The Labute approximate surface area is 147 Å². The van der Waals surface area contributed by atoms with E-state index in [9.17, 15) is 0 Å². The number of likely N-dealkylation sites (N-methyl/N-ethyl adjacent to an activating group) is 1. The summed E-state index contributed by atoms with van der Waals surface area (Å²) in [5.74, 6) is 2.29. The van der Waals surface area contributed by atoms with E-state index in [2.05, 4.69) is 18.0 Å². The lowest BCUT2D eigenvalue weighted by Crippen LogP contribution is -2.26. The topological polar surface area (TPSA) is 30.9 Å². The molecule has 0 aromatic heterocycles. The van der Waals surface area contributed by atoms with Gasteiger partial charge in [-0.1, -0.05) is 11.6 Å². The Balaban J connectivity index is 1.98. The molecule has 1 aliphatic rings. The van der Waals surface area contributed by atoms with E-state index in [4.69, 9.17) is 25.8 Å². The molecule has 5 heteroatoms. The number of ether oxygens (including phenoxy) is 3. The van der Waals surface area contributed by atoms with Crippen molar-refractivity contribution in [2.24, 2.45) is 0 Å². The fraction of sp³-hybridized carbons (Fsp3) is 0.368. The summed E-state index contributed by atoms with van der Waals surface area (Å²) in [5, 5.41) is 0.701. The molecule has 128 valence electrons. The molecule has 2 aromatic carbocycles. The molecule has 1 aliphatic heterocycles. The van der Waals surface area contributed by atoms with E-state index in [1.807, 2.05) is 30.3 Å². The van der Waals surface area contributed by atoms with Crippen molar-refractivity contribution in [3.8, 4) is 17.2 Å². The van der Waals surface area contributed by atoms with E-state index in [1.165, 1.54) is 5.56 Å². The van der Waals surface area contributed by atoms with Crippen molar-refractivity contribution in [3.63, 3.8) is 0 Å². The van der Waals surface area contributed by atoms with Crippen molar-refractivity contribution < 1.29 is 14.2 Å². The molecule has 4 nitrogen and oxygen atoms in total. The van der Waals surface area contributed by atoms with Crippen molar-refractivity contribution in [1.29, 1.82) is 0 Å². The highest BCUT2D eigenvalue weighted by atomic mass is 35.5. The Hall–Kier alpha value is -1.91. The molecular formula is C19H22ClNO3. The van der Waals surface area contributed by atoms with Crippen molar-refractivity contribution in [1.82, 2.24) is 4.90 Å². The second-order valence-electron chi connectivity index (χ2n) is 5.98. The summed E-state index contributed by atoms with van der Waals surface area (Å²) < 4.78 is 17.2. The normalized spacial score (nSPS) is 17.8. The Bertz CT molecular complexity index is 703. The Morgan fingerprint density at radius 2 is 1.71 bits per heavy atom. The van der Waals surface area contributed by atoms with Crippen LogP contribution in [0.4, 0.5) is 0 Å². The summed E-state index contributed by atoms with van der Waals surface area (Å²) >= 11 is 5.96. The van der Waals surface area contributed by atoms with E-state index in [1.54, 1.807) is 14.2 Å². The molecule has 0 spiro atoms. The number of hydrogen-bond acceptors (Lipinski definition) is 4. The van der Waals surface area contributed by atoms with Crippen LogP contribution < -0.4 is 14.2 Å². The minimum atomic E-state index is -0.0755. The van der Waals surface area contributed by atoms with Crippen LogP contribution in [-0.4, -0.2) is 39.3 Å². The van der Waals surface area contributed by atoms with Crippen molar-refractivity contribution >= 4 is 11.6 Å². The van der Waals surface area contributed by atoms with Crippen molar-refractivity contribution in [3.05, 3.63) is 52.5 Å². The number of fused-ring (bicyclic) bond motifs is 1. The van der Waals surface area contributed by atoms with Gasteiger partial charge in [0.1, 0.15) is 11.9 Å². The maximum Gasteiger partial charge on any atom is 0.161 e. The number of halogens is 1. The highest BCUT2D eigenvalue weighted by Crippen LogP contribution is 2.36. The predicted molar refractivity (Wildman–Crippen MR) is 95.6 cm³/mol. The van der Waals surface area contributed by atoms with Crippen LogP contribution in [0, 0.1) is 0 Å². The first-order valence-electron chi connectivity index (χ1n) is 7.96.